The minimum absolute atomic E-state index is 0.00908. The van der Waals surface area contributed by atoms with Gasteiger partial charge in [0.25, 0.3) is 0 Å². The zero-order valence-electron chi connectivity index (χ0n) is 22.9. The van der Waals surface area contributed by atoms with Crippen molar-refractivity contribution in [2.24, 2.45) is 56.7 Å². The predicted octanol–water partition coefficient (Wildman–Crippen LogP) is 5.16. The first-order valence-corrected chi connectivity index (χ1v) is 14.3. The highest BCUT2D eigenvalue weighted by atomic mass is 16.3. The second-order valence-electron chi connectivity index (χ2n) is 15.6. The largest absolute Gasteiger partial charge is 0.396 e. The molecule has 4 nitrogen and oxygen atoms in total. The van der Waals surface area contributed by atoms with E-state index in [1.54, 1.807) is 0 Å². The second kappa shape index (κ2) is 7.45. The lowest BCUT2D eigenvalue weighted by Gasteiger charge is -2.74. The number of aliphatic hydroxyl groups excluding tert-OH is 3. The maximum atomic E-state index is 12.0. The van der Waals surface area contributed by atoms with E-state index in [2.05, 4.69) is 34.6 Å². The molecule has 0 spiro atoms. The Labute approximate surface area is 207 Å². The van der Waals surface area contributed by atoms with E-state index >= 15 is 0 Å². The van der Waals surface area contributed by atoms with Gasteiger partial charge in [0, 0.05) is 12.0 Å². The van der Waals surface area contributed by atoms with Gasteiger partial charge < -0.3 is 20.4 Å². The molecule has 5 aliphatic rings. The van der Waals surface area contributed by atoms with Crippen LogP contribution in [0.4, 0.5) is 0 Å². The molecule has 5 rings (SSSR count). The van der Waals surface area contributed by atoms with E-state index < -0.39 is 17.8 Å². The van der Waals surface area contributed by atoms with Gasteiger partial charge in [-0.25, -0.2) is 0 Å². The Morgan fingerprint density at radius 1 is 0.824 bits per heavy atom. The number of hydrogen-bond acceptors (Lipinski definition) is 4. The smallest absolute Gasteiger partial charge is 0.0622 e. The molecular formula is C30H52O4. The molecule has 0 aliphatic heterocycles. The molecular weight excluding hydrogens is 424 g/mol. The highest BCUT2D eigenvalue weighted by Gasteiger charge is 2.75. The maximum absolute atomic E-state index is 12.0. The summed E-state index contributed by atoms with van der Waals surface area (Å²) in [7, 11) is 0. The van der Waals surface area contributed by atoms with Crippen molar-refractivity contribution in [1.82, 2.24) is 0 Å². The Morgan fingerprint density at radius 3 is 2.12 bits per heavy atom. The van der Waals surface area contributed by atoms with Crippen LogP contribution in [0.25, 0.3) is 0 Å². The SMILES string of the molecule is CC(C)(O)[C@H]1CC[C@]2(C)[C@H]3C[C@@H](O)[C@@H]4[C@@]5(C)CCCC(C)(C)[C@@H]5[C@H](O)C[C@@]4(C)[C@]3(CO)CC[C@@H]12. The molecule has 0 saturated heterocycles. The van der Waals surface area contributed by atoms with Gasteiger partial charge in [0.2, 0.25) is 0 Å². The number of hydrogen-bond donors (Lipinski definition) is 4. The van der Waals surface area contributed by atoms with Gasteiger partial charge in [-0.15, -0.1) is 0 Å². The summed E-state index contributed by atoms with van der Waals surface area (Å²) in [5.74, 6) is 1.20. The van der Waals surface area contributed by atoms with Gasteiger partial charge in [-0.05, 0) is 116 Å². The van der Waals surface area contributed by atoms with Crippen LogP contribution in [-0.2, 0) is 0 Å². The van der Waals surface area contributed by atoms with Crippen LogP contribution in [0, 0.1) is 56.7 Å². The van der Waals surface area contributed by atoms with Crippen molar-refractivity contribution in [2.75, 3.05) is 6.61 Å². The van der Waals surface area contributed by atoms with E-state index in [-0.39, 0.29) is 57.4 Å². The fourth-order valence-corrected chi connectivity index (χ4v) is 12.5. The standard InChI is InChI=1S/C30H52O4/c1-25(2)11-8-12-28(6)23(25)21(33)16-29(7)24(28)20(32)15-22-27(5)13-9-18(26(3,4)34)19(27)10-14-30(22,29)17-31/h18-24,31-34H,8-17H2,1-7H3/t18-,19-,20+,21+,22+,23-,24+,27-,28-,29+,30-/m0/s1. The number of rotatable bonds is 2. The Bertz CT molecular complexity index is 817. The monoisotopic (exact) mass is 476 g/mol. The van der Waals surface area contributed by atoms with Crippen molar-refractivity contribution in [2.45, 2.75) is 124 Å². The first kappa shape index (κ1) is 25.5. The average Bonchev–Trinajstić information content (AvgIpc) is 3.04. The maximum Gasteiger partial charge on any atom is 0.0622 e. The third kappa shape index (κ3) is 2.98. The van der Waals surface area contributed by atoms with E-state index in [9.17, 15) is 20.4 Å². The predicted molar refractivity (Wildman–Crippen MR) is 135 cm³/mol. The molecule has 0 radical (unpaired) electrons. The average molecular weight is 477 g/mol. The molecule has 0 aromatic carbocycles. The molecule has 4 heteroatoms. The normalized spacial score (nSPS) is 56.7. The topological polar surface area (TPSA) is 80.9 Å². The van der Waals surface area contributed by atoms with Crippen LogP contribution in [0.3, 0.4) is 0 Å². The van der Waals surface area contributed by atoms with Gasteiger partial charge in [0.15, 0.2) is 0 Å². The zero-order chi connectivity index (χ0) is 25.1. The van der Waals surface area contributed by atoms with Crippen LogP contribution in [0.1, 0.15) is 106 Å². The van der Waals surface area contributed by atoms with Gasteiger partial charge in [0.05, 0.1) is 17.8 Å². The van der Waals surface area contributed by atoms with Crippen molar-refractivity contribution in [3.63, 3.8) is 0 Å². The summed E-state index contributed by atoms with van der Waals surface area (Å²) in [5.41, 5.74) is -1.34. The molecule has 196 valence electrons. The van der Waals surface area contributed by atoms with Gasteiger partial charge in [-0.2, -0.15) is 0 Å². The summed E-state index contributed by atoms with van der Waals surface area (Å²) < 4.78 is 0. The molecule has 5 aliphatic carbocycles. The van der Waals surface area contributed by atoms with Crippen LogP contribution in [0.2, 0.25) is 0 Å². The molecule has 34 heavy (non-hydrogen) atoms. The van der Waals surface area contributed by atoms with Crippen molar-refractivity contribution in [3.05, 3.63) is 0 Å². The molecule has 0 amide bonds. The van der Waals surface area contributed by atoms with Crippen LogP contribution in [-0.4, -0.2) is 44.8 Å². The van der Waals surface area contributed by atoms with E-state index in [0.29, 0.717) is 12.3 Å². The summed E-state index contributed by atoms with van der Waals surface area (Å²) in [6, 6.07) is 0. The van der Waals surface area contributed by atoms with Crippen LogP contribution < -0.4 is 0 Å². The van der Waals surface area contributed by atoms with Crippen LogP contribution in [0.5, 0.6) is 0 Å². The van der Waals surface area contributed by atoms with E-state index in [4.69, 9.17) is 0 Å². The van der Waals surface area contributed by atoms with Gasteiger partial charge in [0.1, 0.15) is 0 Å². The molecule has 4 N–H and O–H groups in total. The summed E-state index contributed by atoms with van der Waals surface area (Å²) in [6.07, 6.45) is 8.04. The molecule has 0 bridgehead atoms. The first-order chi connectivity index (χ1) is 15.6. The fraction of sp³-hybridized carbons (Fsp3) is 1.00. The lowest BCUT2D eigenvalue weighted by atomic mass is 9.30. The van der Waals surface area contributed by atoms with E-state index in [1.165, 1.54) is 0 Å². The molecule has 5 fully saturated rings. The van der Waals surface area contributed by atoms with E-state index in [0.717, 1.165) is 51.4 Å². The van der Waals surface area contributed by atoms with Crippen LogP contribution >= 0.6 is 0 Å². The lowest BCUT2D eigenvalue weighted by molar-refractivity contribution is -0.305. The van der Waals surface area contributed by atoms with Crippen LogP contribution in [0.15, 0.2) is 0 Å². The molecule has 0 aromatic rings. The van der Waals surface area contributed by atoms with Gasteiger partial charge in [-0.1, -0.05) is 41.0 Å². The Kier molecular flexibility index (Phi) is 5.59. The van der Waals surface area contributed by atoms with Gasteiger partial charge in [-0.3, -0.25) is 0 Å². The summed E-state index contributed by atoms with van der Waals surface area (Å²) in [4.78, 5) is 0. The van der Waals surface area contributed by atoms with Gasteiger partial charge >= 0.3 is 0 Å². The molecule has 0 unspecified atom stereocenters. The Morgan fingerprint density at radius 2 is 1.50 bits per heavy atom. The highest BCUT2D eigenvalue weighted by Crippen LogP contribution is 2.78. The Balaban J connectivity index is 1.62. The van der Waals surface area contributed by atoms with E-state index in [1.807, 2.05) is 13.8 Å². The number of fused-ring (bicyclic) bond motifs is 7. The molecule has 0 aromatic heterocycles. The van der Waals surface area contributed by atoms with Crippen molar-refractivity contribution in [3.8, 4) is 0 Å². The quantitative estimate of drug-likeness (QED) is 0.444. The summed E-state index contributed by atoms with van der Waals surface area (Å²) >= 11 is 0. The first-order valence-electron chi connectivity index (χ1n) is 14.3. The summed E-state index contributed by atoms with van der Waals surface area (Å²) in [6.45, 7) is 15.8. The fourth-order valence-electron chi connectivity index (χ4n) is 12.5. The minimum atomic E-state index is -0.698. The lowest BCUT2D eigenvalue weighted by Crippen LogP contribution is -2.73. The molecule has 11 atom stereocenters. The number of aliphatic hydroxyl groups is 4. The third-order valence-corrected chi connectivity index (χ3v) is 13.4. The highest BCUT2D eigenvalue weighted by molar-refractivity contribution is 5.23. The Hall–Kier alpha value is -0.160. The van der Waals surface area contributed by atoms with Crippen molar-refractivity contribution >= 4 is 0 Å². The molecule has 0 heterocycles. The minimum Gasteiger partial charge on any atom is -0.396 e. The summed E-state index contributed by atoms with van der Waals surface area (Å²) in [5, 5.41) is 46.1. The zero-order valence-corrected chi connectivity index (χ0v) is 22.9. The molecule has 5 saturated carbocycles. The van der Waals surface area contributed by atoms with Crippen molar-refractivity contribution in [1.29, 1.82) is 0 Å². The van der Waals surface area contributed by atoms with Crippen molar-refractivity contribution < 1.29 is 20.4 Å². The second-order valence-corrected chi connectivity index (χ2v) is 15.6. The third-order valence-electron chi connectivity index (χ3n) is 13.4.